The van der Waals surface area contributed by atoms with Gasteiger partial charge in [0.15, 0.2) is 0 Å². The minimum Gasteiger partial charge on any atom is -0.385 e. The molecule has 3 aliphatic carbocycles. The van der Waals surface area contributed by atoms with Crippen molar-refractivity contribution in [2.45, 2.75) is 63.5 Å². The van der Waals surface area contributed by atoms with Crippen molar-refractivity contribution >= 4 is 11.8 Å². The summed E-state index contributed by atoms with van der Waals surface area (Å²) in [6, 6.07) is 0.106. The number of rotatable bonds is 6. The fraction of sp³-hybridized carbons (Fsp3) is 0.895. The molecule has 0 aromatic heterocycles. The molecule has 6 atom stereocenters. The van der Waals surface area contributed by atoms with Gasteiger partial charge < -0.3 is 15.0 Å². The average Bonchev–Trinajstić information content (AvgIpc) is 3.31. The summed E-state index contributed by atoms with van der Waals surface area (Å²) < 4.78 is 5.20. The van der Waals surface area contributed by atoms with Crippen molar-refractivity contribution in [1.29, 1.82) is 0 Å². The summed E-state index contributed by atoms with van der Waals surface area (Å²) in [6.45, 7) is 1.46. The van der Waals surface area contributed by atoms with Crippen LogP contribution in [0.15, 0.2) is 0 Å². The van der Waals surface area contributed by atoms with Crippen LogP contribution in [0.4, 0.5) is 0 Å². The van der Waals surface area contributed by atoms with Crippen molar-refractivity contribution < 1.29 is 14.3 Å². The lowest BCUT2D eigenvalue weighted by molar-refractivity contribution is -0.138. The second-order valence-corrected chi connectivity index (χ2v) is 8.26. The van der Waals surface area contributed by atoms with Gasteiger partial charge in [0, 0.05) is 32.7 Å². The van der Waals surface area contributed by atoms with Crippen molar-refractivity contribution in [2.24, 2.45) is 23.7 Å². The molecule has 0 spiro atoms. The van der Waals surface area contributed by atoms with Crippen LogP contribution >= 0.6 is 0 Å². The lowest BCUT2D eigenvalue weighted by Crippen LogP contribution is -2.52. The van der Waals surface area contributed by atoms with E-state index in [4.69, 9.17) is 4.74 Å². The summed E-state index contributed by atoms with van der Waals surface area (Å²) in [7, 11) is 1.71. The Morgan fingerprint density at radius 1 is 1.21 bits per heavy atom. The van der Waals surface area contributed by atoms with Gasteiger partial charge in [0.05, 0.1) is 0 Å². The highest BCUT2D eigenvalue weighted by molar-refractivity contribution is 5.91. The van der Waals surface area contributed by atoms with E-state index in [-0.39, 0.29) is 17.9 Å². The van der Waals surface area contributed by atoms with Crippen molar-refractivity contribution in [3.05, 3.63) is 0 Å². The maximum absolute atomic E-state index is 13.1. The van der Waals surface area contributed by atoms with Gasteiger partial charge in [0.25, 0.3) is 0 Å². The van der Waals surface area contributed by atoms with Crippen molar-refractivity contribution in [1.82, 2.24) is 10.2 Å². The molecule has 0 unspecified atom stereocenters. The number of carbonyl (C=O) groups is 2. The van der Waals surface area contributed by atoms with Gasteiger partial charge in [0.2, 0.25) is 11.8 Å². The van der Waals surface area contributed by atoms with E-state index in [0.717, 1.165) is 30.7 Å². The summed E-state index contributed by atoms with van der Waals surface area (Å²) in [5.41, 5.74) is 0. The van der Waals surface area contributed by atoms with Gasteiger partial charge in [-0.05, 0) is 62.2 Å². The van der Waals surface area contributed by atoms with Crippen LogP contribution in [-0.4, -0.2) is 49.1 Å². The molecule has 0 aromatic carbocycles. The Kier molecular flexibility index (Phi) is 4.54. The van der Waals surface area contributed by atoms with E-state index < -0.39 is 0 Å². The summed E-state index contributed by atoms with van der Waals surface area (Å²) in [5.74, 6) is 3.51. The summed E-state index contributed by atoms with van der Waals surface area (Å²) in [6.07, 6.45) is 8.69. The summed E-state index contributed by atoms with van der Waals surface area (Å²) in [4.78, 5) is 26.8. The number of fused-ring (bicyclic) bond motifs is 5. The maximum Gasteiger partial charge on any atom is 0.245 e. The second kappa shape index (κ2) is 6.66. The fourth-order valence-corrected chi connectivity index (χ4v) is 6.21. The second-order valence-electron chi connectivity index (χ2n) is 8.26. The van der Waals surface area contributed by atoms with E-state index in [1.54, 1.807) is 7.11 Å². The van der Waals surface area contributed by atoms with Crippen LogP contribution < -0.4 is 5.32 Å². The minimum absolute atomic E-state index is 0.0222. The maximum atomic E-state index is 13.1. The van der Waals surface area contributed by atoms with E-state index in [2.05, 4.69) is 10.2 Å². The third-order valence-corrected chi connectivity index (χ3v) is 7.12. The quantitative estimate of drug-likeness (QED) is 0.756. The molecular formula is C19H30N2O3. The molecule has 3 saturated carbocycles. The van der Waals surface area contributed by atoms with E-state index >= 15 is 0 Å². The molecule has 2 bridgehead atoms. The lowest BCUT2D eigenvalue weighted by Gasteiger charge is -2.40. The lowest BCUT2D eigenvalue weighted by atomic mass is 9.78. The van der Waals surface area contributed by atoms with Crippen LogP contribution in [0.3, 0.4) is 0 Å². The third kappa shape index (κ3) is 2.75. The predicted molar refractivity (Wildman–Crippen MR) is 90.2 cm³/mol. The van der Waals surface area contributed by atoms with Gasteiger partial charge in [-0.15, -0.1) is 0 Å². The van der Waals surface area contributed by atoms with E-state index in [1.165, 1.54) is 32.1 Å². The molecule has 4 aliphatic rings. The topological polar surface area (TPSA) is 58.6 Å². The Labute approximate surface area is 144 Å². The molecule has 0 radical (unpaired) electrons. The first kappa shape index (κ1) is 16.4. The van der Waals surface area contributed by atoms with Gasteiger partial charge in [-0.25, -0.2) is 0 Å². The summed E-state index contributed by atoms with van der Waals surface area (Å²) >= 11 is 0. The van der Waals surface area contributed by atoms with Crippen molar-refractivity contribution in [2.75, 3.05) is 20.3 Å². The number of nitrogens with one attached hydrogen (secondary N) is 1. The highest BCUT2D eigenvalue weighted by Gasteiger charge is 2.56. The first-order valence-electron chi connectivity index (χ1n) is 9.78. The zero-order valence-electron chi connectivity index (χ0n) is 14.7. The molecule has 1 heterocycles. The Morgan fingerprint density at radius 3 is 2.79 bits per heavy atom. The van der Waals surface area contributed by atoms with E-state index in [9.17, 15) is 9.59 Å². The number of methoxy groups -OCH3 is 1. The molecule has 24 heavy (non-hydrogen) atoms. The van der Waals surface area contributed by atoms with Gasteiger partial charge in [0.1, 0.15) is 6.04 Å². The van der Waals surface area contributed by atoms with Crippen LogP contribution in [-0.2, 0) is 14.3 Å². The normalized spacial score (nSPS) is 40.0. The molecule has 1 aliphatic heterocycles. The highest BCUT2D eigenvalue weighted by Crippen LogP contribution is 2.59. The Hall–Kier alpha value is -1.10. The SMILES string of the molecule is COCCCN(C(=O)[C@@H]1CCC(=O)N1)[C@@H]1C[C@H]2C[C@H]1[C@H]1CCC[C@H]21. The van der Waals surface area contributed by atoms with Crippen LogP contribution in [0.1, 0.15) is 51.4 Å². The van der Waals surface area contributed by atoms with Gasteiger partial charge in [-0.1, -0.05) is 6.42 Å². The van der Waals surface area contributed by atoms with Crippen molar-refractivity contribution in [3.8, 4) is 0 Å². The average molecular weight is 334 g/mol. The molecule has 5 nitrogen and oxygen atoms in total. The molecule has 4 rings (SSSR count). The Bertz CT molecular complexity index is 509. The molecule has 0 aromatic rings. The predicted octanol–water partition coefficient (Wildman–Crippen LogP) is 1.95. The molecule has 4 fully saturated rings. The smallest absolute Gasteiger partial charge is 0.245 e. The van der Waals surface area contributed by atoms with Gasteiger partial charge in [-0.3, -0.25) is 9.59 Å². The number of hydrogen-bond acceptors (Lipinski definition) is 3. The van der Waals surface area contributed by atoms with Crippen LogP contribution in [0.2, 0.25) is 0 Å². The first-order valence-corrected chi connectivity index (χ1v) is 9.78. The van der Waals surface area contributed by atoms with Crippen LogP contribution in [0.5, 0.6) is 0 Å². The molecule has 5 heteroatoms. The minimum atomic E-state index is -0.293. The highest BCUT2D eigenvalue weighted by atomic mass is 16.5. The molecule has 1 saturated heterocycles. The third-order valence-electron chi connectivity index (χ3n) is 7.12. The number of ether oxygens (including phenoxy) is 1. The van der Waals surface area contributed by atoms with E-state index in [0.29, 0.717) is 31.4 Å². The molecule has 134 valence electrons. The Morgan fingerprint density at radius 2 is 2.04 bits per heavy atom. The zero-order chi connectivity index (χ0) is 16.7. The fourth-order valence-electron chi connectivity index (χ4n) is 6.21. The van der Waals surface area contributed by atoms with Gasteiger partial charge >= 0.3 is 0 Å². The summed E-state index contributed by atoms with van der Waals surface area (Å²) in [5, 5.41) is 2.88. The number of nitrogens with zero attached hydrogens (tertiary/aromatic N) is 1. The molecular weight excluding hydrogens is 304 g/mol. The van der Waals surface area contributed by atoms with Crippen LogP contribution in [0.25, 0.3) is 0 Å². The Balaban J connectivity index is 1.48. The van der Waals surface area contributed by atoms with Gasteiger partial charge in [-0.2, -0.15) is 0 Å². The van der Waals surface area contributed by atoms with E-state index in [1.807, 2.05) is 0 Å². The van der Waals surface area contributed by atoms with Crippen molar-refractivity contribution in [3.63, 3.8) is 0 Å². The zero-order valence-corrected chi connectivity index (χ0v) is 14.7. The standard InChI is InChI=1S/C19H30N2O3/c1-24-9-3-8-21(19(23)16-6-7-18(22)20-16)17-11-12-10-15(17)14-5-2-4-13(12)14/h12-17H,2-11H2,1H3,(H,20,22)/t12-,13-,14+,15+,16+,17-/m1/s1. The monoisotopic (exact) mass is 334 g/mol. The number of amides is 2. The number of hydrogen-bond donors (Lipinski definition) is 1. The first-order chi connectivity index (χ1) is 11.7. The molecule has 2 amide bonds. The molecule has 1 N–H and O–H groups in total. The number of carbonyl (C=O) groups excluding carboxylic acids is 2. The van der Waals surface area contributed by atoms with Crippen LogP contribution in [0, 0.1) is 23.7 Å². The largest absolute Gasteiger partial charge is 0.385 e.